The Kier molecular flexibility index (Phi) is 14.2. The summed E-state index contributed by atoms with van der Waals surface area (Å²) in [6.07, 6.45) is 0.744. The lowest BCUT2D eigenvalue weighted by Crippen LogP contribution is -2.11. The molecule has 0 heterocycles. The summed E-state index contributed by atoms with van der Waals surface area (Å²) < 4.78 is 10.1. The van der Waals surface area contributed by atoms with Crippen molar-refractivity contribution >= 4 is 18.9 Å². The van der Waals surface area contributed by atoms with Crippen LogP contribution in [0.1, 0.15) is 27.7 Å². The first-order valence-electron chi connectivity index (χ1n) is 4.44. The van der Waals surface area contributed by atoms with E-state index in [9.17, 15) is 4.79 Å². The minimum atomic E-state index is -0.102. The molecule has 0 aromatic carbocycles. The monoisotopic (exact) mass is 208 g/mol. The molecule has 13 heavy (non-hydrogen) atoms. The van der Waals surface area contributed by atoms with E-state index in [1.807, 2.05) is 20.8 Å². The van der Waals surface area contributed by atoms with Gasteiger partial charge >= 0.3 is 0 Å². The summed E-state index contributed by atoms with van der Waals surface area (Å²) in [5.74, 6) is 0. The number of rotatable bonds is 5. The van der Waals surface area contributed by atoms with E-state index in [2.05, 4.69) is 12.6 Å². The average Bonchev–Trinajstić information content (AvgIpc) is 2.06. The molecule has 0 N–H and O–H groups in total. The zero-order valence-corrected chi connectivity index (χ0v) is 9.71. The third kappa shape index (κ3) is 18.7. The summed E-state index contributed by atoms with van der Waals surface area (Å²) in [5.41, 5.74) is 0. The summed E-state index contributed by atoms with van der Waals surface area (Å²) in [5, 5.41) is -0.102. The molecule has 0 aromatic heterocycles. The molecule has 0 amide bonds. The lowest BCUT2D eigenvalue weighted by molar-refractivity contribution is -0.123. The predicted molar refractivity (Wildman–Crippen MR) is 57.2 cm³/mol. The van der Waals surface area contributed by atoms with Gasteiger partial charge in [-0.15, -0.1) is 0 Å². The van der Waals surface area contributed by atoms with E-state index in [-0.39, 0.29) is 11.5 Å². The van der Waals surface area contributed by atoms with Gasteiger partial charge in [0.25, 0.3) is 0 Å². The van der Waals surface area contributed by atoms with Crippen LogP contribution in [0.5, 0.6) is 0 Å². The Hall–Kier alpha value is -0.0600. The van der Waals surface area contributed by atoms with Gasteiger partial charge in [-0.25, -0.2) is 0 Å². The summed E-state index contributed by atoms with van der Waals surface area (Å²) in [7, 11) is 0. The maximum absolute atomic E-state index is 9.43. The molecule has 0 aliphatic carbocycles. The first-order chi connectivity index (χ1) is 6.08. The van der Waals surface area contributed by atoms with Crippen molar-refractivity contribution in [2.75, 3.05) is 13.2 Å². The molecule has 0 fully saturated rings. The summed E-state index contributed by atoms with van der Waals surface area (Å²) in [4.78, 5) is 9.43. The second-order valence-electron chi connectivity index (χ2n) is 2.35. The molecule has 0 aliphatic rings. The second kappa shape index (κ2) is 11.9. The van der Waals surface area contributed by atoms with Crippen molar-refractivity contribution in [3.8, 4) is 0 Å². The van der Waals surface area contributed by atoms with Gasteiger partial charge in [0.1, 0.15) is 6.29 Å². The van der Waals surface area contributed by atoms with Gasteiger partial charge < -0.3 is 14.3 Å². The molecule has 0 saturated carbocycles. The Morgan fingerprint density at radius 2 is 1.54 bits per heavy atom. The Morgan fingerprint density at radius 1 is 1.23 bits per heavy atom. The molecule has 0 saturated heterocycles. The van der Waals surface area contributed by atoms with E-state index in [1.165, 1.54) is 0 Å². The van der Waals surface area contributed by atoms with Gasteiger partial charge in [-0.2, -0.15) is 12.6 Å². The second-order valence-corrected chi connectivity index (χ2v) is 3.17. The van der Waals surface area contributed by atoms with Crippen LogP contribution in [-0.2, 0) is 14.3 Å². The van der Waals surface area contributed by atoms with Gasteiger partial charge in [-0.3, -0.25) is 0 Å². The van der Waals surface area contributed by atoms with Crippen LogP contribution in [0.3, 0.4) is 0 Å². The van der Waals surface area contributed by atoms with Crippen molar-refractivity contribution in [2.24, 2.45) is 0 Å². The Balaban J connectivity index is 0. The van der Waals surface area contributed by atoms with Crippen LogP contribution >= 0.6 is 12.6 Å². The minimum Gasteiger partial charge on any atom is -0.353 e. The fraction of sp³-hybridized carbons (Fsp3) is 0.889. The van der Waals surface area contributed by atoms with E-state index in [0.717, 1.165) is 19.5 Å². The predicted octanol–water partition coefficient (Wildman–Crippen LogP) is 1.91. The van der Waals surface area contributed by atoms with Gasteiger partial charge in [0, 0.05) is 13.2 Å². The van der Waals surface area contributed by atoms with E-state index >= 15 is 0 Å². The number of hydrogen-bond donors (Lipinski definition) is 1. The molecular weight excluding hydrogens is 188 g/mol. The zero-order valence-electron chi connectivity index (χ0n) is 8.82. The molecule has 1 unspecified atom stereocenters. The van der Waals surface area contributed by atoms with Gasteiger partial charge in [0.2, 0.25) is 0 Å². The van der Waals surface area contributed by atoms with Gasteiger partial charge in [0.15, 0.2) is 6.29 Å². The lowest BCUT2D eigenvalue weighted by atomic mass is 10.6. The molecule has 0 bridgehead atoms. The highest BCUT2D eigenvalue weighted by molar-refractivity contribution is 7.81. The standard InChI is InChI=1S/C6H14O2.C3H6OS/c1-4-7-6(3)8-5-2;1-3(5)2-4/h6H,4-5H2,1-3H3;2-3,5H,1H3. The van der Waals surface area contributed by atoms with Crippen molar-refractivity contribution in [1.82, 2.24) is 0 Å². The SMILES string of the molecule is CC(S)C=O.CCOC(C)OCC. The fourth-order valence-corrected chi connectivity index (χ4v) is 0.518. The molecular formula is C9H20O3S. The molecule has 4 heteroatoms. The van der Waals surface area contributed by atoms with Crippen molar-refractivity contribution in [2.45, 2.75) is 39.2 Å². The maximum Gasteiger partial charge on any atom is 0.154 e. The molecule has 0 radical (unpaired) electrons. The summed E-state index contributed by atoms with van der Waals surface area (Å²) >= 11 is 3.73. The van der Waals surface area contributed by atoms with E-state index in [1.54, 1.807) is 6.92 Å². The number of ether oxygens (including phenoxy) is 2. The van der Waals surface area contributed by atoms with Crippen LogP contribution in [0.15, 0.2) is 0 Å². The molecule has 80 valence electrons. The number of carbonyl (C=O) groups is 1. The van der Waals surface area contributed by atoms with Crippen LogP contribution in [0.2, 0.25) is 0 Å². The molecule has 3 nitrogen and oxygen atoms in total. The molecule has 0 spiro atoms. The van der Waals surface area contributed by atoms with Gasteiger partial charge in [-0.05, 0) is 27.7 Å². The average molecular weight is 208 g/mol. The van der Waals surface area contributed by atoms with Crippen molar-refractivity contribution < 1.29 is 14.3 Å². The third-order valence-corrected chi connectivity index (χ3v) is 1.12. The number of thiol groups is 1. The normalized spacial score (nSPS) is 11.8. The van der Waals surface area contributed by atoms with E-state index in [4.69, 9.17) is 9.47 Å². The topological polar surface area (TPSA) is 35.5 Å². The highest BCUT2D eigenvalue weighted by Crippen LogP contribution is 1.90. The summed E-state index contributed by atoms with van der Waals surface area (Å²) in [6, 6.07) is 0. The Bertz CT molecular complexity index is 101. The largest absolute Gasteiger partial charge is 0.353 e. The van der Waals surface area contributed by atoms with E-state index in [0.29, 0.717) is 0 Å². The Labute approximate surface area is 86.2 Å². The van der Waals surface area contributed by atoms with E-state index < -0.39 is 0 Å². The Morgan fingerprint density at radius 3 is 1.69 bits per heavy atom. The van der Waals surface area contributed by atoms with Crippen LogP contribution in [0.25, 0.3) is 0 Å². The zero-order chi connectivity index (χ0) is 10.7. The number of aldehydes is 1. The highest BCUT2D eigenvalue weighted by atomic mass is 32.1. The first kappa shape index (κ1) is 15.4. The van der Waals surface area contributed by atoms with Crippen molar-refractivity contribution in [1.29, 1.82) is 0 Å². The first-order valence-corrected chi connectivity index (χ1v) is 4.96. The van der Waals surface area contributed by atoms with Crippen LogP contribution < -0.4 is 0 Å². The minimum absolute atomic E-state index is 0.0370. The molecule has 0 aliphatic heterocycles. The quantitative estimate of drug-likeness (QED) is 0.426. The highest BCUT2D eigenvalue weighted by Gasteiger charge is 1.94. The maximum atomic E-state index is 9.43. The van der Waals surface area contributed by atoms with Gasteiger partial charge in [-0.1, -0.05) is 0 Å². The van der Waals surface area contributed by atoms with Crippen LogP contribution in [-0.4, -0.2) is 31.0 Å². The number of hydrogen-bond acceptors (Lipinski definition) is 4. The number of carbonyl (C=O) groups excluding carboxylic acids is 1. The van der Waals surface area contributed by atoms with Crippen molar-refractivity contribution in [3.05, 3.63) is 0 Å². The summed E-state index contributed by atoms with van der Waals surface area (Å²) in [6.45, 7) is 8.97. The van der Waals surface area contributed by atoms with Gasteiger partial charge in [0.05, 0.1) is 5.25 Å². The molecule has 0 aromatic rings. The smallest absolute Gasteiger partial charge is 0.154 e. The lowest BCUT2D eigenvalue weighted by Gasteiger charge is -2.09. The third-order valence-electron chi connectivity index (χ3n) is 1.000. The van der Waals surface area contributed by atoms with Crippen LogP contribution in [0, 0.1) is 0 Å². The molecule has 1 atom stereocenters. The fourth-order valence-electron chi connectivity index (χ4n) is 0.518. The van der Waals surface area contributed by atoms with Crippen molar-refractivity contribution in [3.63, 3.8) is 0 Å². The molecule has 0 rings (SSSR count). The van der Waals surface area contributed by atoms with Crippen LogP contribution in [0.4, 0.5) is 0 Å².